The normalized spacial score (nSPS) is 16.8. The van der Waals surface area contributed by atoms with Crippen LogP contribution in [0.2, 0.25) is 0 Å². The van der Waals surface area contributed by atoms with Crippen molar-refractivity contribution in [1.29, 1.82) is 0 Å². The van der Waals surface area contributed by atoms with E-state index in [2.05, 4.69) is 15.2 Å². The van der Waals surface area contributed by atoms with Crippen LogP contribution in [-0.4, -0.2) is 59.8 Å². The highest BCUT2D eigenvalue weighted by Crippen LogP contribution is 2.01. The van der Waals surface area contributed by atoms with E-state index in [1.165, 1.54) is 0 Å². The van der Waals surface area contributed by atoms with Crippen LogP contribution in [0.4, 0.5) is 0 Å². The largest absolute Gasteiger partial charge is 0.379 e. The van der Waals surface area contributed by atoms with Crippen LogP contribution in [0.3, 0.4) is 0 Å². The van der Waals surface area contributed by atoms with Crippen molar-refractivity contribution in [1.82, 2.24) is 19.8 Å². The Hall–Kier alpha value is -1.40. The molecule has 1 aliphatic rings. The van der Waals surface area contributed by atoms with Crippen molar-refractivity contribution >= 4 is 5.91 Å². The molecular formula is C12H20N4O2. The second kappa shape index (κ2) is 5.97. The van der Waals surface area contributed by atoms with Gasteiger partial charge in [-0.1, -0.05) is 0 Å². The number of nitrogens with one attached hydrogen (secondary N) is 1. The molecule has 0 spiro atoms. The Morgan fingerprint density at radius 3 is 2.83 bits per heavy atom. The van der Waals surface area contributed by atoms with Gasteiger partial charge in [-0.25, -0.2) is 4.98 Å². The summed E-state index contributed by atoms with van der Waals surface area (Å²) in [5.74, 6) is 0.777. The predicted octanol–water partition coefficient (Wildman–Crippen LogP) is -0.209. The quantitative estimate of drug-likeness (QED) is 0.805. The van der Waals surface area contributed by atoms with Gasteiger partial charge in [0.1, 0.15) is 11.5 Å². The molecular weight excluding hydrogens is 232 g/mol. The molecule has 0 saturated carbocycles. The molecule has 6 nitrogen and oxygen atoms in total. The fourth-order valence-electron chi connectivity index (χ4n) is 1.96. The van der Waals surface area contributed by atoms with Gasteiger partial charge in [0, 0.05) is 33.2 Å². The molecule has 2 heterocycles. The van der Waals surface area contributed by atoms with E-state index in [1.54, 1.807) is 10.8 Å². The lowest BCUT2D eigenvalue weighted by atomic mass is 10.4. The molecule has 1 aliphatic heterocycles. The molecule has 0 bridgehead atoms. The van der Waals surface area contributed by atoms with Crippen molar-refractivity contribution in [3.63, 3.8) is 0 Å². The average molecular weight is 252 g/mol. The third-order valence-electron chi connectivity index (χ3n) is 3.27. The Morgan fingerprint density at radius 1 is 1.50 bits per heavy atom. The van der Waals surface area contributed by atoms with E-state index in [1.807, 2.05) is 14.0 Å². The molecule has 100 valence electrons. The molecule has 2 rings (SSSR count). The Bertz CT molecular complexity index is 410. The highest BCUT2D eigenvalue weighted by molar-refractivity contribution is 5.92. The Balaban J connectivity index is 1.76. The second-order valence-electron chi connectivity index (χ2n) is 4.46. The highest BCUT2D eigenvalue weighted by atomic mass is 16.5. The van der Waals surface area contributed by atoms with Crippen molar-refractivity contribution in [3.05, 3.63) is 17.7 Å². The number of rotatable bonds is 4. The molecule has 1 amide bonds. The molecule has 1 fully saturated rings. The number of carbonyl (C=O) groups is 1. The minimum Gasteiger partial charge on any atom is -0.379 e. The zero-order valence-corrected chi connectivity index (χ0v) is 11.0. The van der Waals surface area contributed by atoms with Gasteiger partial charge in [0.15, 0.2) is 0 Å². The summed E-state index contributed by atoms with van der Waals surface area (Å²) in [6.45, 7) is 6.87. The van der Waals surface area contributed by atoms with Crippen LogP contribution in [0, 0.1) is 6.92 Å². The zero-order valence-electron chi connectivity index (χ0n) is 11.0. The first-order chi connectivity index (χ1) is 8.68. The minimum absolute atomic E-state index is 0.0636. The van der Waals surface area contributed by atoms with Gasteiger partial charge < -0.3 is 14.6 Å². The van der Waals surface area contributed by atoms with Crippen LogP contribution < -0.4 is 5.32 Å². The number of morpholine rings is 1. The van der Waals surface area contributed by atoms with Gasteiger partial charge in [-0.3, -0.25) is 9.69 Å². The summed E-state index contributed by atoms with van der Waals surface area (Å²) < 4.78 is 7.07. The summed E-state index contributed by atoms with van der Waals surface area (Å²) in [5, 5.41) is 2.92. The van der Waals surface area contributed by atoms with Crippen LogP contribution in [0.1, 0.15) is 16.3 Å². The van der Waals surface area contributed by atoms with E-state index in [9.17, 15) is 4.79 Å². The molecule has 0 aliphatic carbocycles. The molecule has 0 radical (unpaired) electrons. The summed E-state index contributed by atoms with van der Waals surface area (Å²) >= 11 is 0. The summed E-state index contributed by atoms with van der Waals surface area (Å²) in [4.78, 5) is 18.3. The van der Waals surface area contributed by atoms with Crippen LogP contribution in [-0.2, 0) is 11.8 Å². The lowest BCUT2D eigenvalue weighted by Gasteiger charge is -2.26. The molecule has 1 saturated heterocycles. The van der Waals surface area contributed by atoms with Crippen LogP contribution in [0.25, 0.3) is 0 Å². The van der Waals surface area contributed by atoms with E-state index in [0.29, 0.717) is 12.2 Å². The zero-order chi connectivity index (χ0) is 13.0. The summed E-state index contributed by atoms with van der Waals surface area (Å²) in [6, 6.07) is 0. The smallest absolute Gasteiger partial charge is 0.269 e. The van der Waals surface area contributed by atoms with Crippen molar-refractivity contribution in [3.8, 4) is 0 Å². The maximum Gasteiger partial charge on any atom is 0.269 e. The van der Waals surface area contributed by atoms with Gasteiger partial charge in [0.05, 0.1) is 19.4 Å². The number of carbonyl (C=O) groups excluding carboxylic acids is 1. The standard InChI is InChI=1S/C12H20N4O2/c1-10-14-9-11(15(10)2)12(17)13-3-4-16-5-7-18-8-6-16/h9H,3-8H2,1-2H3,(H,13,17). The van der Waals surface area contributed by atoms with E-state index in [0.717, 1.165) is 38.7 Å². The van der Waals surface area contributed by atoms with E-state index >= 15 is 0 Å². The number of aromatic nitrogens is 2. The number of hydrogen-bond acceptors (Lipinski definition) is 4. The fourth-order valence-corrected chi connectivity index (χ4v) is 1.96. The van der Waals surface area contributed by atoms with Crippen molar-refractivity contribution < 1.29 is 9.53 Å². The lowest BCUT2D eigenvalue weighted by Crippen LogP contribution is -2.41. The summed E-state index contributed by atoms with van der Waals surface area (Å²) in [6.07, 6.45) is 1.61. The first-order valence-corrected chi connectivity index (χ1v) is 6.25. The van der Waals surface area contributed by atoms with Crippen molar-refractivity contribution in [2.75, 3.05) is 39.4 Å². The van der Waals surface area contributed by atoms with Crippen LogP contribution in [0.5, 0.6) is 0 Å². The number of amides is 1. The first kappa shape index (κ1) is 13.0. The summed E-state index contributed by atoms with van der Waals surface area (Å²) in [5.41, 5.74) is 0.606. The Labute approximate surface area is 107 Å². The number of nitrogens with zero attached hydrogens (tertiary/aromatic N) is 3. The number of hydrogen-bond donors (Lipinski definition) is 1. The number of aryl methyl sites for hydroxylation is 1. The third kappa shape index (κ3) is 3.08. The van der Waals surface area contributed by atoms with Gasteiger partial charge >= 0.3 is 0 Å². The highest BCUT2D eigenvalue weighted by Gasteiger charge is 2.13. The van der Waals surface area contributed by atoms with E-state index < -0.39 is 0 Å². The Morgan fingerprint density at radius 2 is 2.22 bits per heavy atom. The van der Waals surface area contributed by atoms with Gasteiger partial charge in [-0.05, 0) is 6.92 Å². The molecule has 1 aromatic heterocycles. The van der Waals surface area contributed by atoms with Crippen molar-refractivity contribution in [2.45, 2.75) is 6.92 Å². The predicted molar refractivity (Wildman–Crippen MR) is 67.5 cm³/mol. The van der Waals surface area contributed by atoms with Gasteiger partial charge in [0.2, 0.25) is 0 Å². The van der Waals surface area contributed by atoms with Gasteiger partial charge in [0.25, 0.3) is 5.91 Å². The molecule has 1 aromatic rings. The maximum atomic E-state index is 11.9. The van der Waals surface area contributed by atoms with Gasteiger partial charge in [-0.15, -0.1) is 0 Å². The molecule has 0 aromatic carbocycles. The third-order valence-corrected chi connectivity index (χ3v) is 3.27. The maximum absolute atomic E-state index is 11.9. The van der Waals surface area contributed by atoms with E-state index in [4.69, 9.17) is 4.74 Å². The molecule has 1 N–H and O–H groups in total. The summed E-state index contributed by atoms with van der Waals surface area (Å²) in [7, 11) is 1.85. The molecule has 0 unspecified atom stereocenters. The Kier molecular flexibility index (Phi) is 4.33. The molecule has 18 heavy (non-hydrogen) atoms. The van der Waals surface area contributed by atoms with Crippen LogP contribution in [0.15, 0.2) is 6.20 Å². The monoisotopic (exact) mass is 252 g/mol. The SMILES string of the molecule is Cc1ncc(C(=O)NCCN2CCOCC2)n1C. The molecule has 6 heteroatoms. The number of ether oxygens (including phenoxy) is 1. The lowest BCUT2D eigenvalue weighted by molar-refractivity contribution is 0.0383. The minimum atomic E-state index is -0.0636. The van der Waals surface area contributed by atoms with Gasteiger partial charge in [-0.2, -0.15) is 0 Å². The average Bonchev–Trinajstić information content (AvgIpc) is 2.71. The topological polar surface area (TPSA) is 59.4 Å². The fraction of sp³-hybridized carbons (Fsp3) is 0.667. The second-order valence-corrected chi connectivity index (χ2v) is 4.46. The van der Waals surface area contributed by atoms with Crippen LogP contribution >= 0.6 is 0 Å². The molecule has 0 atom stereocenters. The van der Waals surface area contributed by atoms with E-state index in [-0.39, 0.29) is 5.91 Å². The van der Waals surface area contributed by atoms with Crippen molar-refractivity contribution in [2.24, 2.45) is 7.05 Å². The first-order valence-electron chi connectivity index (χ1n) is 6.25. The number of imidazole rings is 1.